The van der Waals surface area contributed by atoms with Gasteiger partial charge in [0, 0.05) is 23.8 Å². The molecule has 3 aromatic rings. The fraction of sp³-hybridized carbons (Fsp3) is 0.200. The number of ether oxygens (including phenoxy) is 1. The highest BCUT2D eigenvalue weighted by atomic mass is 32.1. The van der Waals surface area contributed by atoms with Crippen LogP contribution in [0.4, 0.5) is 37.7 Å². The van der Waals surface area contributed by atoms with Gasteiger partial charge in [-0.2, -0.15) is 13.2 Å². The Morgan fingerprint density at radius 1 is 1.09 bits per heavy atom. The van der Waals surface area contributed by atoms with Gasteiger partial charge >= 0.3 is 12.5 Å². The smallest absolute Gasteiger partial charge is 0.406 e. The summed E-state index contributed by atoms with van der Waals surface area (Å²) in [5.41, 5.74) is 0.130. The standard InChI is InChI=1S/C20H15F6N3O2S/c1-29-15(10-17(30)27-13-5-7-16(8-6-13)31-20(24,25)26)11-32-18(29)28-14-4-2-3-12(9-14)19(21,22)23/h2-9,11H,10H2,1H3,(H,27,30). The maximum absolute atomic E-state index is 12.9. The van der Waals surface area contributed by atoms with E-state index in [1.807, 2.05) is 0 Å². The molecule has 12 heteroatoms. The van der Waals surface area contributed by atoms with E-state index in [0.717, 1.165) is 35.6 Å². The number of aromatic nitrogens is 1. The number of hydrogen-bond donors (Lipinski definition) is 1. The summed E-state index contributed by atoms with van der Waals surface area (Å²) >= 11 is 1.15. The van der Waals surface area contributed by atoms with E-state index >= 15 is 0 Å². The minimum absolute atomic E-state index is 0.0775. The molecule has 0 aliphatic rings. The molecule has 2 aromatic carbocycles. The summed E-state index contributed by atoms with van der Waals surface area (Å²) in [5.74, 6) is -0.853. The third-order valence-corrected chi connectivity index (χ3v) is 5.10. The zero-order chi connectivity index (χ0) is 23.5. The average Bonchev–Trinajstić information content (AvgIpc) is 3.01. The molecule has 1 N–H and O–H groups in total. The molecule has 170 valence electrons. The molecule has 0 fully saturated rings. The van der Waals surface area contributed by atoms with Gasteiger partial charge in [0.05, 0.1) is 17.7 Å². The summed E-state index contributed by atoms with van der Waals surface area (Å²) in [4.78, 5) is 16.9. The third-order valence-electron chi connectivity index (χ3n) is 4.13. The van der Waals surface area contributed by atoms with Gasteiger partial charge in [-0.05, 0) is 42.5 Å². The topological polar surface area (TPSA) is 55.6 Å². The molecule has 5 nitrogen and oxygen atoms in total. The Morgan fingerprint density at radius 2 is 1.78 bits per heavy atom. The summed E-state index contributed by atoms with van der Waals surface area (Å²) in [6.07, 6.45) is -9.37. The van der Waals surface area contributed by atoms with Gasteiger partial charge in [0.25, 0.3) is 0 Å². The first kappa shape index (κ1) is 23.4. The molecule has 1 aromatic heterocycles. The van der Waals surface area contributed by atoms with Crippen molar-refractivity contribution in [3.63, 3.8) is 0 Å². The Balaban J connectivity index is 1.69. The van der Waals surface area contributed by atoms with Crippen LogP contribution in [0.15, 0.2) is 58.9 Å². The number of thiazole rings is 1. The summed E-state index contributed by atoms with van der Waals surface area (Å²) in [6.45, 7) is 0. The third kappa shape index (κ3) is 6.36. The molecule has 0 saturated carbocycles. The van der Waals surface area contributed by atoms with E-state index in [1.54, 1.807) is 17.0 Å². The Bertz CT molecular complexity index is 1160. The van der Waals surface area contributed by atoms with E-state index in [-0.39, 0.29) is 17.8 Å². The SMILES string of the molecule is Cn1c(CC(=O)Nc2ccc(OC(F)(F)F)cc2)csc1=Nc1cccc(C(F)(F)F)c1. The quantitative estimate of drug-likeness (QED) is 0.502. The Labute approximate surface area is 181 Å². The number of anilines is 1. The lowest BCUT2D eigenvalue weighted by molar-refractivity contribution is -0.274. The molecule has 0 saturated heterocycles. The number of nitrogens with one attached hydrogen (secondary N) is 1. The highest BCUT2D eigenvalue weighted by Gasteiger charge is 2.31. The maximum Gasteiger partial charge on any atom is 0.573 e. The normalized spacial score (nSPS) is 12.7. The van der Waals surface area contributed by atoms with E-state index in [9.17, 15) is 31.1 Å². The second kappa shape index (κ2) is 9.07. The second-order valence-corrected chi connectivity index (χ2v) is 7.36. The van der Waals surface area contributed by atoms with Gasteiger partial charge in [0.15, 0.2) is 4.80 Å². The highest BCUT2D eigenvalue weighted by molar-refractivity contribution is 7.07. The van der Waals surface area contributed by atoms with Gasteiger partial charge in [-0.3, -0.25) is 4.79 Å². The number of amides is 1. The van der Waals surface area contributed by atoms with Crippen molar-refractivity contribution in [2.24, 2.45) is 12.0 Å². The van der Waals surface area contributed by atoms with Crippen LogP contribution in [0.2, 0.25) is 0 Å². The largest absolute Gasteiger partial charge is 0.573 e. The molecule has 1 heterocycles. The molecular weight excluding hydrogens is 460 g/mol. The van der Waals surface area contributed by atoms with Crippen molar-refractivity contribution >= 4 is 28.6 Å². The van der Waals surface area contributed by atoms with Crippen molar-refractivity contribution in [2.45, 2.75) is 19.0 Å². The second-order valence-electron chi connectivity index (χ2n) is 6.53. The number of alkyl halides is 6. The van der Waals surface area contributed by atoms with Crippen molar-refractivity contribution in [1.82, 2.24) is 4.57 Å². The van der Waals surface area contributed by atoms with Crippen LogP contribution in [0.1, 0.15) is 11.3 Å². The predicted molar refractivity (Wildman–Crippen MR) is 105 cm³/mol. The van der Waals surface area contributed by atoms with Crippen molar-refractivity contribution in [2.75, 3.05) is 5.32 Å². The fourth-order valence-corrected chi connectivity index (χ4v) is 3.55. The van der Waals surface area contributed by atoms with Crippen molar-refractivity contribution < 1.29 is 35.9 Å². The molecule has 0 atom stereocenters. The molecule has 0 spiro atoms. The van der Waals surface area contributed by atoms with Crippen LogP contribution in [0, 0.1) is 0 Å². The Hall–Kier alpha value is -3.28. The zero-order valence-corrected chi connectivity index (χ0v) is 17.1. The van der Waals surface area contributed by atoms with Gasteiger partial charge in [0.2, 0.25) is 5.91 Å². The monoisotopic (exact) mass is 475 g/mol. The first-order valence-corrected chi connectivity index (χ1v) is 9.80. The van der Waals surface area contributed by atoms with Gasteiger partial charge in [-0.1, -0.05) is 6.07 Å². The van der Waals surface area contributed by atoms with E-state index in [1.165, 1.54) is 24.3 Å². The summed E-state index contributed by atoms with van der Waals surface area (Å²) in [6, 6.07) is 9.24. The molecule has 0 aliphatic carbocycles. The van der Waals surface area contributed by atoms with E-state index in [4.69, 9.17) is 0 Å². The van der Waals surface area contributed by atoms with Crippen LogP contribution >= 0.6 is 11.3 Å². The van der Waals surface area contributed by atoms with E-state index in [2.05, 4.69) is 15.0 Å². The van der Waals surface area contributed by atoms with Gasteiger partial charge < -0.3 is 14.6 Å². The van der Waals surface area contributed by atoms with Gasteiger partial charge in [-0.25, -0.2) is 4.99 Å². The van der Waals surface area contributed by atoms with Crippen LogP contribution in [-0.2, 0) is 24.4 Å². The van der Waals surface area contributed by atoms with E-state index in [0.29, 0.717) is 10.5 Å². The lowest BCUT2D eigenvalue weighted by atomic mass is 10.2. The molecule has 0 bridgehead atoms. The summed E-state index contributed by atoms with van der Waals surface area (Å²) in [7, 11) is 1.62. The number of halogens is 6. The molecule has 32 heavy (non-hydrogen) atoms. The molecular formula is C20H15F6N3O2S. The van der Waals surface area contributed by atoms with Crippen LogP contribution in [0.3, 0.4) is 0 Å². The predicted octanol–water partition coefficient (Wildman–Crippen LogP) is 5.42. The van der Waals surface area contributed by atoms with Crippen LogP contribution in [0.5, 0.6) is 5.75 Å². The zero-order valence-electron chi connectivity index (χ0n) is 16.3. The fourth-order valence-electron chi connectivity index (χ4n) is 2.64. The Kier molecular flexibility index (Phi) is 6.63. The molecule has 0 aliphatic heterocycles. The van der Waals surface area contributed by atoms with Crippen molar-refractivity contribution in [3.8, 4) is 5.75 Å². The maximum atomic E-state index is 12.9. The first-order chi connectivity index (χ1) is 14.9. The molecule has 0 unspecified atom stereocenters. The minimum Gasteiger partial charge on any atom is -0.406 e. The highest BCUT2D eigenvalue weighted by Crippen LogP contribution is 2.31. The lowest BCUT2D eigenvalue weighted by Gasteiger charge is -2.10. The van der Waals surface area contributed by atoms with E-state index < -0.39 is 29.8 Å². The van der Waals surface area contributed by atoms with Crippen molar-refractivity contribution in [3.05, 3.63) is 70.0 Å². The van der Waals surface area contributed by atoms with Gasteiger partial charge in [-0.15, -0.1) is 24.5 Å². The number of benzene rings is 2. The number of nitrogens with zero attached hydrogens (tertiary/aromatic N) is 2. The van der Waals surface area contributed by atoms with Crippen LogP contribution in [0.25, 0.3) is 0 Å². The van der Waals surface area contributed by atoms with Crippen molar-refractivity contribution in [1.29, 1.82) is 0 Å². The number of carbonyl (C=O) groups is 1. The average molecular weight is 475 g/mol. The van der Waals surface area contributed by atoms with Crippen LogP contribution < -0.4 is 14.9 Å². The summed E-state index contributed by atoms with van der Waals surface area (Å²) < 4.78 is 80.5. The number of rotatable bonds is 5. The lowest BCUT2D eigenvalue weighted by Crippen LogP contribution is -2.19. The molecule has 3 rings (SSSR count). The first-order valence-electron chi connectivity index (χ1n) is 8.92. The minimum atomic E-state index is -4.81. The van der Waals surface area contributed by atoms with Gasteiger partial charge in [0.1, 0.15) is 5.75 Å². The molecule has 1 amide bonds. The molecule has 0 radical (unpaired) electrons. The number of hydrogen-bond acceptors (Lipinski definition) is 4. The van der Waals surface area contributed by atoms with Crippen LogP contribution in [-0.4, -0.2) is 16.8 Å². The summed E-state index contributed by atoms with van der Waals surface area (Å²) in [5, 5.41) is 4.20. The Morgan fingerprint density at radius 3 is 2.41 bits per heavy atom. The number of carbonyl (C=O) groups excluding carboxylic acids is 1.